The lowest BCUT2D eigenvalue weighted by Gasteiger charge is -2.03. The van der Waals surface area contributed by atoms with E-state index in [9.17, 15) is 0 Å². The predicted molar refractivity (Wildman–Crippen MR) is 60.5 cm³/mol. The van der Waals surface area contributed by atoms with Crippen molar-refractivity contribution in [1.82, 2.24) is 14.8 Å². The lowest BCUT2D eigenvalue weighted by molar-refractivity contribution is 0.843. The first-order valence-electron chi connectivity index (χ1n) is 4.22. The largest absolute Gasteiger partial charge is 0.366 e. The molecule has 1 aromatic heterocycles. The van der Waals surface area contributed by atoms with Crippen molar-refractivity contribution in [1.29, 1.82) is 0 Å². The van der Waals surface area contributed by atoms with Crippen molar-refractivity contribution in [2.45, 2.75) is 6.92 Å². The molecule has 4 nitrogen and oxygen atoms in total. The number of nitrogens with two attached hydrogens (primary N) is 1. The monoisotopic (exact) mass is 242 g/mol. The van der Waals surface area contributed by atoms with E-state index in [4.69, 9.17) is 28.9 Å². The Labute approximate surface area is 96.6 Å². The lowest BCUT2D eigenvalue weighted by Crippen LogP contribution is -1.99. The molecule has 0 unspecified atom stereocenters. The van der Waals surface area contributed by atoms with Crippen molar-refractivity contribution < 1.29 is 0 Å². The van der Waals surface area contributed by atoms with Gasteiger partial charge in [0.25, 0.3) is 0 Å². The number of aryl methyl sites for hydroxylation is 1. The van der Waals surface area contributed by atoms with Crippen LogP contribution < -0.4 is 5.73 Å². The first-order valence-corrected chi connectivity index (χ1v) is 4.97. The van der Waals surface area contributed by atoms with Gasteiger partial charge in [-0.1, -0.05) is 23.2 Å². The van der Waals surface area contributed by atoms with Gasteiger partial charge in [-0.2, -0.15) is 4.98 Å². The van der Waals surface area contributed by atoms with Gasteiger partial charge in [0.05, 0.1) is 5.69 Å². The normalized spacial score (nSPS) is 10.6. The van der Waals surface area contributed by atoms with Gasteiger partial charge in [-0.3, -0.25) is 0 Å². The Morgan fingerprint density at radius 3 is 2.27 bits per heavy atom. The van der Waals surface area contributed by atoms with E-state index in [-0.39, 0.29) is 5.95 Å². The summed E-state index contributed by atoms with van der Waals surface area (Å²) in [5.41, 5.74) is 6.23. The highest BCUT2D eigenvalue weighted by Gasteiger charge is 2.07. The fourth-order valence-electron chi connectivity index (χ4n) is 1.32. The van der Waals surface area contributed by atoms with Crippen LogP contribution in [-0.4, -0.2) is 14.8 Å². The molecule has 0 amide bonds. The molecule has 0 atom stereocenters. The molecule has 78 valence electrons. The van der Waals surface area contributed by atoms with E-state index in [0.717, 1.165) is 5.69 Å². The minimum Gasteiger partial charge on any atom is -0.366 e. The zero-order valence-electron chi connectivity index (χ0n) is 7.91. The highest BCUT2D eigenvalue weighted by molar-refractivity contribution is 6.34. The summed E-state index contributed by atoms with van der Waals surface area (Å²) < 4.78 is 1.59. The number of nitrogens with zero attached hydrogens (tertiary/aromatic N) is 3. The summed E-state index contributed by atoms with van der Waals surface area (Å²) in [4.78, 5) is 3.99. The van der Waals surface area contributed by atoms with Gasteiger partial charge in [-0.05, 0) is 25.1 Å². The highest BCUT2D eigenvalue weighted by atomic mass is 35.5. The Hall–Kier alpha value is -1.26. The molecule has 0 aliphatic heterocycles. The van der Waals surface area contributed by atoms with E-state index >= 15 is 0 Å². The van der Waals surface area contributed by atoms with E-state index < -0.39 is 0 Å². The van der Waals surface area contributed by atoms with Gasteiger partial charge < -0.3 is 5.73 Å². The predicted octanol–water partition coefficient (Wildman–Crippen LogP) is 2.46. The number of aromatic nitrogens is 3. The molecule has 15 heavy (non-hydrogen) atoms. The topological polar surface area (TPSA) is 56.7 Å². The number of halogens is 2. The second kappa shape index (κ2) is 3.72. The third-order valence-electron chi connectivity index (χ3n) is 1.88. The average Bonchev–Trinajstić information content (AvgIpc) is 2.43. The second-order valence-corrected chi connectivity index (χ2v) is 3.93. The molecule has 2 aromatic rings. The third-order valence-corrected chi connectivity index (χ3v) is 2.31. The Bertz CT molecular complexity index is 487. The van der Waals surface area contributed by atoms with Gasteiger partial charge in [-0.15, -0.1) is 5.10 Å². The molecule has 0 aliphatic rings. The van der Waals surface area contributed by atoms with Crippen LogP contribution in [0.15, 0.2) is 18.2 Å². The first kappa shape index (κ1) is 10.3. The van der Waals surface area contributed by atoms with Gasteiger partial charge >= 0.3 is 0 Å². The zero-order valence-corrected chi connectivity index (χ0v) is 9.42. The van der Waals surface area contributed by atoms with Crippen molar-refractivity contribution >= 4 is 29.2 Å². The maximum atomic E-state index is 5.88. The first-order chi connectivity index (χ1) is 7.06. The van der Waals surface area contributed by atoms with E-state index in [1.54, 1.807) is 29.8 Å². The van der Waals surface area contributed by atoms with E-state index in [1.165, 1.54) is 0 Å². The Kier molecular flexibility index (Phi) is 2.54. The van der Waals surface area contributed by atoms with Crippen LogP contribution >= 0.6 is 23.2 Å². The molecular weight excluding hydrogens is 235 g/mol. The minimum absolute atomic E-state index is 0.226. The Morgan fingerprint density at radius 2 is 1.80 bits per heavy atom. The van der Waals surface area contributed by atoms with Crippen LogP contribution in [0.5, 0.6) is 0 Å². The second-order valence-electron chi connectivity index (χ2n) is 3.06. The summed E-state index contributed by atoms with van der Waals surface area (Å²) in [5.74, 6) is 0.912. The van der Waals surface area contributed by atoms with Crippen molar-refractivity contribution in [2.75, 3.05) is 5.73 Å². The summed E-state index contributed by atoms with van der Waals surface area (Å²) in [6.07, 6.45) is 0. The van der Waals surface area contributed by atoms with Crippen LogP contribution in [0, 0.1) is 6.92 Å². The molecule has 0 saturated heterocycles. The SMILES string of the molecule is Cc1nc(N)nn1-c1cc(Cl)cc(Cl)c1. The third kappa shape index (κ3) is 2.06. The van der Waals surface area contributed by atoms with E-state index in [0.29, 0.717) is 15.9 Å². The van der Waals surface area contributed by atoms with Crippen LogP contribution in [0.1, 0.15) is 5.82 Å². The number of benzene rings is 1. The van der Waals surface area contributed by atoms with Crippen molar-refractivity contribution in [3.05, 3.63) is 34.1 Å². The van der Waals surface area contributed by atoms with Crippen LogP contribution in [0.25, 0.3) is 5.69 Å². The zero-order chi connectivity index (χ0) is 11.0. The molecule has 0 bridgehead atoms. The van der Waals surface area contributed by atoms with Crippen LogP contribution in [0.2, 0.25) is 10.0 Å². The van der Waals surface area contributed by atoms with Gasteiger partial charge in [0.2, 0.25) is 5.95 Å². The molecular formula is C9H8Cl2N4. The molecule has 6 heteroatoms. The lowest BCUT2D eigenvalue weighted by atomic mass is 10.3. The molecule has 2 N–H and O–H groups in total. The standard InChI is InChI=1S/C9H8Cl2N4/c1-5-13-9(12)14-15(5)8-3-6(10)2-7(11)4-8/h2-4H,1H3,(H2,12,14). The summed E-state index contributed by atoms with van der Waals surface area (Å²) in [7, 11) is 0. The maximum absolute atomic E-state index is 5.88. The van der Waals surface area contributed by atoms with Crippen LogP contribution in [-0.2, 0) is 0 Å². The number of anilines is 1. The van der Waals surface area contributed by atoms with E-state index in [1.807, 2.05) is 0 Å². The van der Waals surface area contributed by atoms with Crippen molar-refractivity contribution in [2.24, 2.45) is 0 Å². The summed E-state index contributed by atoms with van der Waals surface area (Å²) >= 11 is 11.8. The number of nitrogen functional groups attached to an aromatic ring is 1. The van der Waals surface area contributed by atoms with Crippen molar-refractivity contribution in [3.8, 4) is 5.69 Å². The molecule has 0 fully saturated rings. The number of rotatable bonds is 1. The Balaban J connectivity index is 2.58. The maximum Gasteiger partial charge on any atom is 0.240 e. The molecule has 1 aromatic carbocycles. The van der Waals surface area contributed by atoms with Crippen molar-refractivity contribution in [3.63, 3.8) is 0 Å². The molecule has 1 heterocycles. The highest BCUT2D eigenvalue weighted by Crippen LogP contribution is 2.22. The average molecular weight is 243 g/mol. The van der Waals surface area contributed by atoms with E-state index in [2.05, 4.69) is 10.1 Å². The summed E-state index contributed by atoms with van der Waals surface area (Å²) in [5, 5.41) is 5.12. The molecule has 0 saturated carbocycles. The smallest absolute Gasteiger partial charge is 0.240 e. The Morgan fingerprint density at radius 1 is 1.20 bits per heavy atom. The summed E-state index contributed by atoms with van der Waals surface area (Å²) in [6.45, 7) is 1.80. The fourth-order valence-corrected chi connectivity index (χ4v) is 1.83. The number of hydrogen-bond acceptors (Lipinski definition) is 3. The van der Waals surface area contributed by atoms with Gasteiger partial charge in [0.1, 0.15) is 5.82 Å². The quantitative estimate of drug-likeness (QED) is 0.836. The summed E-state index contributed by atoms with van der Waals surface area (Å²) in [6, 6.07) is 5.14. The minimum atomic E-state index is 0.226. The van der Waals surface area contributed by atoms with Gasteiger partial charge in [0, 0.05) is 10.0 Å². The molecule has 0 spiro atoms. The molecule has 2 rings (SSSR count). The number of hydrogen-bond donors (Lipinski definition) is 1. The molecule has 0 aliphatic carbocycles. The molecule has 0 radical (unpaired) electrons. The van der Waals surface area contributed by atoms with Gasteiger partial charge in [-0.25, -0.2) is 4.68 Å². The van der Waals surface area contributed by atoms with Crippen LogP contribution in [0.4, 0.5) is 5.95 Å². The van der Waals surface area contributed by atoms with Crippen LogP contribution in [0.3, 0.4) is 0 Å². The fraction of sp³-hybridized carbons (Fsp3) is 0.111. The van der Waals surface area contributed by atoms with Gasteiger partial charge in [0.15, 0.2) is 0 Å².